The Morgan fingerprint density at radius 1 is 1.11 bits per heavy atom. The van der Waals surface area contributed by atoms with E-state index in [1.54, 1.807) is 7.11 Å². The molecule has 0 spiro atoms. The molecule has 1 atom stereocenters. The van der Waals surface area contributed by atoms with Crippen LogP contribution in [0.5, 0.6) is 5.75 Å². The molecule has 19 heavy (non-hydrogen) atoms. The molecule has 1 aromatic carbocycles. The Morgan fingerprint density at radius 2 is 1.84 bits per heavy atom. The van der Waals surface area contributed by atoms with Crippen LogP contribution in [0.1, 0.15) is 32.3 Å². The molecule has 108 valence electrons. The van der Waals surface area contributed by atoms with Gasteiger partial charge in [0.05, 0.1) is 19.8 Å². The van der Waals surface area contributed by atoms with Crippen molar-refractivity contribution in [2.45, 2.75) is 39.2 Å². The third kappa shape index (κ3) is 6.60. The second kappa shape index (κ2) is 9.82. The van der Waals surface area contributed by atoms with Crippen LogP contribution in [-0.2, 0) is 15.9 Å². The summed E-state index contributed by atoms with van der Waals surface area (Å²) in [5.74, 6) is 0.885. The summed E-state index contributed by atoms with van der Waals surface area (Å²) in [6.45, 7) is 6.40. The minimum Gasteiger partial charge on any atom is -0.497 e. The van der Waals surface area contributed by atoms with Gasteiger partial charge in [-0.3, -0.25) is 0 Å². The Kier molecular flexibility index (Phi) is 8.26. The first-order chi connectivity index (χ1) is 9.30. The largest absolute Gasteiger partial charge is 0.497 e. The number of rotatable bonds is 10. The maximum Gasteiger partial charge on any atom is 0.118 e. The maximum absolute atomic E-state index is 5.73. The predicted octanol–water partition coefficient (Wildman–Crippen LogP) is 3.46. The summed E-state index contributed by atoms with van der Waals surface area (Å²) < 4.78 is 16.5. The van der Waals surface area contributed by atoms with Crippen LogP contribution in [0.15, 0.2) is 24.3 Å². The molecule has 3 nitrogen and oxygen atoms in total. The zero-order valence-corrected chi connectivity index (χ0v) is 12.4. The molecule has 0 saturated heterocycles. The van der Waals surface area contributed by atoms with E-state index in [9.17, 15) is 0 Å². The van der Waals surface area contributed by atoms with E-state index in [1.807, 2.05) is 19.1 Å². The fourth-order valence-electron chi connectivity index (χ4n) is 1.89. The van der Waals surface area contributed by atoms with Crippen LogP contribution in [0.2, 0.25) is 0 Å². The highest BCUT2D eigenvalue weighted by molar-refractivity contribution is 5.27. The molecule has 0 amide bonds. The molecule has 3 heteroatoms. The van der Waals surface area contributed by atoms with Crippen molar-refractivity contribution in [3.8, 4) is 5.75 Å². The average molecular weight is 266 g/mol. The Morgan fingerprint density at radius 3 is 2.42 bits per heavy atom. The van der Waals surface area contributed by atoms with Gasteiger partial charge in [0.2, 0.25) is 0 Å². The zero-order chi connectivity index (χ0) is 13.9. The van der Waals surface area contributed by atoms with Gasteiger partial charge in [0.25, 0.3) is 0 Å². The molecule has 0 bridgehead atoms. The zero-order valence-electron chi connectivity index (χ0n) is 12.4. The lowest BCUT2D eigenvalue weighted by Crippen LogP contribution is -2.23. The lowest BCUT2D eigenvalue weighted by Gasteiger charge is -2.17. The highest BCUT2D eigenvalue weighted by atomic mass is 16.5. The van der Waals surface area contributed by atoms with Crippen LogP contribution in [0.3, 0.4) is 0 Å². The van der Waals surface area contributed by atoms with E-state index in [2.05, 4.69) is 19.1 Å². The third-order valence-electron chi connectivity index (χ3n) is 2.97. The summed E-state index contributed by atoms with van der Waals surface area (Å²) in [5.41, 5.74) is 1.25. The molecule has 0 heterocycles. The molecule has 0 fully saturated rings. The first-order valence-corrected chi connectivity index (χ1v) is 7.12. The molecule has 0 radical (unpaired) electrons. The fraction of sp³-hybridized carbons (Fsp3) is 0.625. The first kappa shape index (κ1) is 16.0. The van der Waals surface area contributed by atoms with E-state index in [0.717, 1.165) is 38.2 Å². The van der Waals surface area contributed by atoms with Gasteiger partial charge in [0.15, 0.2) is 0 Å². The van der Waals surface area contributed by atoms with Gasteiger partial charge in [0.1, 0.15) is 5.75 Å². The monoisotopic (exact) mass is 266 g/mol. The summed E-state index contributed by atoms with van der Waals surface area (Å²) in [7, 11) is 1.68. The van der Waals surface area contributed by atoms with Gasteiger partial charge in [-0.05, 0) is 31.0 Å². The number of methoxy groups -OCH3 is 1. The molecular weight excluding hydrogens is 240 g/mol. The van der Waals surface area contributed by atoms with Crippen LogP contribution < -0.4 is 4.74 Å². The van der Waals surface area contributed by atoms with Crippen LogP contribution >= 0.6 is 0 Å². The number of benzene rings is 1. The molecule has 0 aliphatic carbocycles. The summed E-state index contributed by atoms with van der Waals surface area (Å²) in [6.07, 6.45) is 3.29. The quantitative estimate of drug-likeness (QED) is 0.607. The predicted molar refractivity (Wildman–Crippen MR) is 77.8 cm³/mol. The van der Waals surface area contributed by atoms with E-state index in [0.29, 0.717) is 6.61 Å². The van der Waals surface area contributed by atoms with Crippen LogP contribution in [-0.4, -0.2) is 33.0 Å². The van der Waals surface area contributed by atoms with Crippen molar-refractivity contribution in [3.63, 3.8) is 0 Å². The average Bonchev–Trinajstić information content (AvgIpc) is 2.44. The molecule has 1 rings (SSSR count). The van der Waals surface area contributed by atoms with Crippen LogP contribution in [0, 0.1) is 0 Å². The topological polar surface area (TPSA) is 27.7 Å². The molecule has 0 saturated carbocycles. The Hall–Kier alpha value is -1.06. The SMILES string of the molecule is CCCCOC[C@H](Cc1ccc(OC)cc1)OCC. The van der Waals surface area contributed by atoms with Gasteiger partial charge in [-0.2, -0.15) is 0 Å². The summed E-state index contributed by atoms with van der Waals surface area (Å²) >= 11 is 0. The van der Waals surface area contributed by atoms with Crippen LogP contribution in [0.4, 0.5) is 0 Å². The molecule has 0 aliphatic rings. The highest BCUT2D eigenvalue weighted by Crippen LogP contribution is 2.14. The summed E-state index contributed by atoms with van der Waals surface area (Å²) in [5, 5.41) is 0. The molecule has 0 aliphatic heterocycles. The van der Waals surface area contributed by atoms with Gasteiger partial charge in [-0.25, -0.2) is 0 Å². The van der Waals surface area contributed by atoms with Crippen LogP contribution in [0.25, 0.3) is 0 Å². The lowest BCUT2D eigenvalue weighted by molar-refractivity contribution is -0.0116. The molecule has 1 aromatic rings. The molecule has 0 N–H and O–H groups in total. The normalized spacial score (nSPS) is 12.4. The van der Waals surface area contributed by atoms with Crippen molar-refractivity contribution >= 4 is 0 Å². The maximum atomic E-state index is 5.73. The minimum absolute atomic E-state index is 0.134. The minimum atomic E-state index is 0.134. The van der Waals surface area contributed by atoms with Gasteiger partial charge >= 0.3 is 0 Å². The third-order valence-corrected chi connectivity index (χ3v) is 2.97. The number of unbranched alkanes of at least 4 members (excludes halogenated alkanes) is 1. The second-order valence-electron chi connectivity index (χ2n) is 4.56. The van der Waals surface area contributed by atoms with Crippen molar-refractivity contribution in [3.05, 3.63) is 29.8 Å². The smallest absolute Gasteiger partial charge is 0.118 e. The van der Waals surface area contributed by atoms with Crippen molar-refractivity contribution < 1.29 is 14.2 Å². The van der Waals surface area contributed by atoms with Crippen molar-refractivity contribution in [2.24, 2.45) is 0 Å². The number of hydrogen-bond acceptors (Lipinski definition) is 3. The molecular formula is C16H26O3. The van der Waals surface area contributed by atoms with E-state index in [4.69, 9.17) is 14.2 Å². The summed E-state index contributed by atoms with van der Waals surface area (Å²) in [4.78, 5) is 0. The number of hydrogen-bond donors (Lipinski definition) is 0. The standard InChI is InChI=1S/C16H26O3/c1-4-6-11-18-13-16(19-5-2)12-14-7-9-15(17-3)10-8-14/h7-10,16H,4-6,11-13H2,1-3H3/t16-/m0/s1. The van der Waals surface area contributed by atoms with Gasteiger partial charge in [-0.1, -0.05) is 25.5 Å². The molecule has 0 unspecified atom stereocenters. The van der Waals surface area contributed by atoms with Gasteiger partial charge < -0.3 is 14.2 Å². The highest BCUT2D eigenvalue weighted by Gasteiger charge is 2.10. The van der Waals surface area contributed by atoms with E-state index >= 15 is 0 Å². The van der Waals surface area contributed by atoms with E-state index < -0.39 is 0 Å². The molecule has 0 aromatic heterocycles. The Bertz CT molecular complexity index is 321. The summed E-state index contributed by atoms with van der Waals surface area (Å²) in [6, 6.07) is 8.13. The van der Waals surface area contributed by atoms with E-state index in [-0.39, 0.29) is 6.10 Å². The van der Waals surface area contributed by atoms with Crippen molar-refractivity contribution in [2.75, 3.05) is 26.9 Å². The Balaban J connectivity index is 2.42. The Labute approximate surface area is 116 Å². The van der Waals surface area contributed by atoms with Crippen molar-refractivity contribution in [1.29, 1.82) is 0 Å². The first-order valence-electron chi connectivity index (χ1n) is 7.12. The van der Waals surface area contributed by atoms with E-state index in [1.165, 1.54) is 5.56 Å². The lowest BCUT2D eigenvalue weighted by atomic mass is 10.1. The van der Waals surface area contributed by atoms with Gasteiger partial charge in [0, 0.05) is 19.6 Å². The number of ether oxygens (including phenoxy) is 3. The fourth-order valence-corrected chi connectivity index (χ4v) is 1.89. The van der Waals surface area contributed by atoms with Crippen molar-refractivity contribution in [1.82, 2.24) is 0 Å². The second-order valence-corrected chi connectivity index (χ2v) is 4.56. The van der Waals surface area contributed by atoms with Gasteiger partial charge in [-0.15, -0.1) is 0 Å².